The predicted molar refractivity (Wildman–Crippen MR) is 60.8 cm³/mol. The lowest BCUT2D eigenvalue weighted by molar-refractivity contribution is -0.138. The van der Waals surface area contributed by atoms with Crippen LogP contribution < -0.4 is 0 Å². The summed E-state index contributed by atoms with van der Waals surface area (Å²) >= 11 is 0. The van der Waals surface area contributed by atoms with Gasteiger partial charge in [-0.3, -0.25) is 4.79 Å². The second-order valence-corrected chi connectivity index (χ2v) is 3.75. The van der Waals surface area contributed by atoms with E-state index >= 15 is 0 Å². The Bertz CT molecular complexity index is 381. The molecule has 0 aliphatic carbocycles. The number of carbonyl (C=O) groups is 1. The van der Waals surface area contributed by atoms with Gasteiger partial charge in [-0.05, 0) is 30.5 Å². The summed E-state index contributed by atoms with van der Waals surface area (Å²) in [4.78, 5) is 11.1. The number of halogens is 1. The first kappa shape index (κ1) is 12.4. The maximum absolute atomic E-state index is 12.7. The van der Waals surface area contributed by atoms with E-state index in [0.29, 0.717) is 12.0 Å². The van der Waals surface area contributed by atoms with Crippen molar-refractivity contribution in [1.82, 2.24) is 0 Å². The lowest BCUT2D eigenvalue weighted by atomic mass is 9.92. The monoisotopic (exact) mass is 222 g/mol. The molecule has 0 saturated carbocycles. The van der Waals surface area contributed by atoms with E-state index in [2.05, 4.69) is 6.58 Å². The fourth-order valence-electron chi connectivity index (χ4n) is 1.48. The molecule has 1 aromatic rings. The summed E-state index contributed by atoms with van der Waals surface area (Å²) in [6.07, 6.45) is 1.16. The zero-order valence-corrected chi connectivity index (χ0v) is 9.24. The zero-order chi connectivity index (χ0) is 12.1. The van der Waals surface area contributed by atoms with Gasteiger partial charge in [-0.1, -0.05) is 31.2 Å². The van der Waals surface area contributed by atoms with Gasteiger partial charge in [0.05, 0.1) is 5.92 Å². The molecule has 16 heavy (non-hydrogen) atoms. The Hall–Kier alpha value is -1.64. The normalized spacial score (nSPS) is 12.1. The van der Waals surface area contributed by atoms with Gasteiger partial charge in [0.1, 0.15) is 5.82 Å². The maximum atomic E-state index is 12.7. The summed E-state index contributed by atoms with van der Waals surface area (Å²) in [7, 11) is 0. The molecule has 1 aromatic carbocycles. The Balaban J connectivity index is 2.89. The number of carboxylic acids is 1. The number of rotatable bonds is 5. The molecular weight excluding hydrogens is 207 g/mol. The molecule has 1 rings (SSSR count). The van der Waals surface area contributed by atoms with E-state index in [1.54, 1.807) is 0 Å². The van der Waals surface area contributed by atoms with Crippen LogP contribution >= 0.6 is 0 Å². The summed E-state index contributed by atoms with van der Waals surface area (Å²) in [5.41, 5.74) is 1.50. The van der Waals surface area contributed by atoms with Crippen LogP contribution in [0.4, 0.5) is 4.39 Å². The molecule has 1 atom stereocenters. The molecule has 1 N–H and O–H groups in total. The van der Waals surface area contributed by atoms with Crippen molar-refractivity contribution in [2.45, 2.75) is 25.7 Å². The van der Waals surface area contributed by atoms with Crippen molar-refractivity contribution < 1.29 is 14.3 Å². The summed E-state index contributed by atoms with van der Waals surface area (Å²) in [6.45, 7) is 5.74. The molecular formula is C13H15FO2. The van der Waals surface area contributed by atoms with Gasteiger partial charge in [0.2, 0.25) is 0 Å². The minimum absolute atomic E-state index is 0.359. The average Bonchev–Trinajstić information content (AvgIpc) is 2.26. The summed E-state index contributed by atoms with van der Waals surface area (Å²) < 4.78 is 12.7. The van der Waals surface area contributed by atoms with Crippen LogP contribution in [0.2, 0.25) is 0 Å². The molecule has 0 aromatic heterocycles. The van der Waals surface area contributed by atoms with Crippen LogP contribution in [-0.2, 0) is 4.79 Å². The minimum Gasteiger partial charge on any atom is -0.481 e. The van der Waals surface area contributed by atoms with Crippen molar-refractivity contribution in [3.8, 4) is 0 Å². The molecule has 2 nitrogen and oxygen atoms in total. The van der Waals surface area contributed by atoms with Crippen molar-refractivity contribution in [1.29, 1.82) is 0 Å². The Morgan fingerprint density at radius 3 is 2.44 bits per heavy atom. The van der Waals surface area contributed by atoms with Crippen LogP contribution in [0.15, 0.2) is 36.4 Å². The number of carboxylic acid groups (broad SMARTS) is 1. The number of hydrogen-bond acceptors (Lipinski definition) is 1. The van der Waals surface area contributed by atoms with Crippen molar-refractivity contribution in [3.63, 3.8) is 0 Å². The highest BCUT2D eigenvalue weighted by atomic mass is 19.1. The lowest BCUT2D eigenvalue weighted by Gasteiger charge is -2.13. The highest BCUT2D eigenvalue weighted by Crippen LogP contribution is 2.24. The molecule has 0 radical (unpaired) electrons. The molecule has 3 heteroatoms. The third kappa shape index (κ3) is 3.19. The van der Waals surface area contributed by atoms with Gasteiger partial charge in [-0.25, -0.2) is 4.39 Å². The number of hydrogen-bond donors (Lipinski definition) is 1. The van der Waals surface area contributed by atoms with Crippen molar-refractivity contribution in [2.75, 3.05) is 0 Å². The molecule has 0 saturated heterocycles. The van der Waals surface area contributed by atoms with E-state index in [9.17, 15) is 9.18 Å². The third-order valence-electron chi connectivity index (χ3n) is 2.56. The summed E-state index contributed by atoms with van der Waals surface area (Å²) in [5.74, 6) is -1.89. The standard InChI is InChI=1S/C13H15FO2/c1-3-9(2)8-12(13(15)16)10-4-6-11(14)7-5-10/h4-7,12H,2-3,8H2,1H3,(H,15,16). The smallest absolute Gasteiger partial charge is 0.311 e. The van der Waals surface area contributed by atoms with E-state index in [4.69, 9.17) is 5.11 Å². The Labute approximate surface area is 94.4 Å². The molecule has 0 amide bonds. The molecule has 0 aliphatic heterocycles. The summed E-state index contributed by atoms with van der Waals surface area (Å²) in [6, 6.07) is 5.58. The third-order valence-corrected chi connectivity index (χ3v) is 2.56. The predicted octanol–water partition coefficient (Wildman–Crippen LogP) is 3.35. The second kappa shape index (κ2) is 5.45. The van der Waals surface area contributed by atoms with Crippen LogP contribution in [0.1, 0.15) is 31.2 Å². The molecule has 1 unspecified atom stereocenters. The molecule has 0 heterocycles. The second-order valence-electron chi connectivity index (χ2n) is 3.75. The van der Waals surface area contributed by atoms with Crippen LogP contribution in [0, 0.1) is 5.82 Å². The Morgan fingerprint density at radius 2 is 2.00 bits per heavy atom. The molecule has 0 bridgehead atoms. The van der Waals surface area contributed by atoms with Gasteiger partial charge in [0.25, 0.3) is 0 Å². The van der Waals surface area contributed by atoms with Crippen LogP contribution in [0.25, 0.3) is 0 Å². The SMILES string of the molecule is C=C(CC)CC(C(=O)O)c1ccc(F)cc1. The Kier molecular flexibility index (Phi) is 4.23. The van der Waals surface area contributed by atoms with E-state index in [-0.39, 0.29) is 5.82 Å². The number of aliphatic carboxylic acids is 1. The zero-order valence-electron chi connectivity index (χ0n) is 9.24. The van der Waals surface area contributed by atoms with Gasteiger partial charge >= 0.3 is 5.97 Å². The average molecular weight is 222 g/mol. The summed E-state index contributed by atoms with van der Waals surface area (Å²) in [5, 5.41) is 9.11. The Morgan fingerprint density at radius 1 is 1.44 bits per heavy atom. The van der Waals surface area contributed by atoms with Crippen LogP contribution in [-0.4, -0.2) is 11.1 Å². The van der Waals surface area contributed by atoms with E-state index < -0.39 is 11.9 Å². The fourth-order valence-corrected chi connectivity index (χ4v) is 1.48. The molecule has 0 aliphatic rings. The van der Waals surface area contributed by atoms with E-state index in [1.165, 1.54) is 24.3 Å². The minimum atomic E-state index is -0.902. The van der Waals surface area contributed by atoms with Crippen molar-refractivity contribution in [3.05, 3.63) is 47.8 Å². The first-order valence-corrected chi connectivity index (χ1v) is 5.19. The molecule has 86 valence electrons. The van der Waals surface area contributed by atoms with Crippen LogP contribution in [0.3, 0.4) is 0 Å². The number of allylic oxidation sites excluding steroid dienone is 1. The van der Waals surface area contributed by atoms with Gasteiger partial charge < -0.3 is 5.11 Å². The van der Waals surface area contributed by atoms with E-state index in [1.807, 2.05) is 6.92 Å². The van der Waals surface area contributed by atoms with E-state index in [0.717, 1.165) is 12.0 Å². The van der Waals surface area contributed by atoms with Crippen molar-refractivity contribution in [2.24, 2.45) is 0 Å². The first-order chi connectivity index (χ1) is 7.54. The first-order valence-electron chi connectivity index (χ1n) is 5.19. The lowest BCUT2D eigenvalue weighted by Crippen LogP contribution is -2.12. The molecule has 0 fully saturated rings. The fraction of sp³-hybridized carbons (Fsp3) is 0.308. The molecule has 0 spiro atoms. The highest BCUT2D eigenvalue weighted by molar-refractivity contribution is 5.76. The van der Waals surface area contributed by atoms with Crippen LogP contribution in [0.5, 0.6) is 0 Å². The topological polar surface area (TPSA) is 37.3 Å². The van der Waals surface area contributed by atoms with Gasteiger partial charge in [0.15, 0.2) is 0 Å². The van der Waals surface area contributed by atoms with Gasteiger partial charge in [-0.15, -0.1) is 0 Å². The highest BCUT2D eigenvalue weighted by Gasteiger charge is 2.20. The number of benzene rings is 1. The largest absolute Gasteiger partial charge is 0.481 e. The van der Waals surface area contributed by atoms with Crippen molar-refractivity contribution >= 4 is 5.97 Å². The van der Waals surface area contributed by atoms with Gasteiger partial charge in [-0.2, -0.15) is 0 Å². The maximum Gasteiger partial charge on any atom is 0.311 e. The quantitative estimate of drug-likeness (QED) is 0.776. The van der Waals surface area contributed by atoms with Gasteiger partial charge in [0, 0.05) is 0 Å².